The van der Waals surface area contributed by atoms with Gasteiger partial charge < -0.3 is 10.5 Å². The molecular formula is C15H21N3O3. The van der Waals surface area contributed by atoms with Gasteiger partial charge in [-0.25, -0.2) is 0 Å². The van der Waals surface area contributed by atoms with Crippen molar-refractivity contribution in [1.82, 2.24) is 4.90 Å². The fraction of sp³-hybridized carbons (Fsp3) is 0.600. The highest BCUT2D eigenvalue weighted by atomic mass is 16.6. The largest absolute Gasteiger partial charge is 0.490 e. The van der Waals surface area contributed by atoms with Gasteiger partial charge in [0.25, 0.3) is 0 Å². The molecule has 2 bridgehead atoms. The van der Waals surface area contributed by atoms with Crippen molar-refractivity contribution in [2.75, 3.05) is 7.11 Å². The zero-order valence-electron chi connectivity index (χ0n) is 12.2. The van der Waals surface area contributed by atoms with E-state index in [9.17, 15) is 10.1 Å². The lowest BCUT2D eigenvalue weighted by Gasteiger charge is -2.37. The Kier molecular flexibility index (Phi) is 3.82. The molecule has 2 heterocycles. The fourth-order valence-electron chi connectivity index (χ4n) is 3.76. The Balaban J connectivity index is 1.79. The van der Waals surface area contributed by atoms with Gasteiger partial charge in [-0.2, -0.15) is 0 Å². The van der Waals surface area contributed by atoms with Crippen LogP contribution >= 0.6 is 0 Å². The van der Waals surface area contributed by atoms with Crippen molar-refractivity contribution in [2.24, 2.45) is 5.73 Å². The molecule has 0 spiro atoms. The van der Waals surface area contributed by atoms with Gasteiger partial charge in [0.2, 0.25) is 0 Å². The van der Waals surface area contributed by atoms with E-state index in [0.29, 0.717) is 23.9 Å². The lowest BCUT2D eigenvalue weighted by molar-refractivity contribution is -0.385. The van der Waals surface area contributed by atoms with Gasteiger partial charge in [0, 0.05) is 30.7 Å². The number of piperidine rings is 1. The zero-order valence-corrected chi connectivity index (χ0v) is 12.2. The molecule has 2 atom stereocenters. The standard InChI is InChI=1S/C15H21N3O3/c1-21-15-5-2-10(6-14(15)18(19)20)9-17-12-3-4-13(17)8-11(16)7-12/h2,5-6,11-13H,3-4,7-9,16H2,1H3. The molecule has 2 fully saturated rings. The number of ether oxygens (including phenoxy) is 1. The highest BCUT2D eigenvalue weighted by Crippen LogP contribution is 2.37. The molecule has 2 saturated heterocycles. The van der Waals surface area contributed by atoms with Gasteiger partial charge >= 0.3 is 5.69 Å². The number of benzene rings is 1. The minimum absolute atomic E-state index is 0.0380. The van der Waals surface area contributed by atoms with Crippen LogP contribution in [0.5, 0.6) is 5.75 Å². The molecule has 0 amide bonds. The van der Waals surface area contributed by atoms with Gasteiger partial charge in [0.15, 0.2) is 5.75 Å². The number of nitrogens with zero attached hydrogens (tertiary/aromatic N) is 2. The Morgan fingerprint density at radius 3 is 2.62 bits per heavy atom. The van der Waals surface area contributed by atoms with Crippen LogP contribution in [0.25, 0.3) is 0 Å². The first-order valence-corrected chi connectivity index (χ1v) is 7.41. The number of nitro benzene ring substituents is 1. The van der Waals surface area contributed by atoms with Gasteiger partial charge in [0.05, 0.1) is 12.0 Å². The number of nitrogens with two attached hydrogens (primary N) is 1. The normalized spacial score (nSPS) is 28.6. The maximum Gasteiger partial charge on any atom is 0.311 e. The first kappa shape index (κ1) is 14.3. The van der Waals surface area contributed by atoms with Crippen molar-refractivity contribution in [3.8, 4) is 5.75 Å². The summed E-state index contributed by atoms with van der Waals surface area (Å²) in [6.45, 7) is 0.757. The Hall–Kier alpha value is -1.66. The van der Waals surface area contributed by atoms with Crippen molar-refractivity contribution < 1.29 is 9.66 Å². The summed E-state index contributed by atoms with van der Waals surface area (Å²) in [6, 6.07) is 6.60. The smallest absolute Gasteiger partial charge is 0.311 e. The Labute approximate surface area is 124 Å². The van der Waals surface area contributed by atoms with Crippen molar-refractivity contribution >= 4 is 5.69 Å². The highest BCUT2D eigenvalue weighted by molar-refractivity contribution is 5.48. The van der Waals surface area contributed by atoms with Crippen LogP contribution in [0.2, 0.25) is 0 Å². The minimum Gasteiger partial charge on any atom is -0.490 e. The number of hydrogen-bond acceptors (Lipinski definition) is 5. The van der Waals surface area contributed by atoms with Gasteiger partial charge in [0.1, 0.15) is 0 Å². The predicted molar refractivity (Wildman–Crippen MR) is 79.2 cm³/mol. The van der Waals surface area contributed by atoms with Gasteiger partial charge in [-0.15, -0.1) is 0 Å². The lowest BCUT2D eigenvalue weighted by atomic mass is 9.97. The van der Waals surface area contributed by atoms with E-state index in [4.69, 9.17) is 10.5 Å². The number of methoxy groups -OCH3 is 1. The lowest BCUT2D eigenvalue weighted by Crippen LogP contribution is -2.46. The molecule has 0 aliphatic carbocycles. The summed E-state index contributed by atoms with van der Waals surface area (Å²) in [5.74, 6) is 0.312. The Morgan fingerprint density at radius 1 is 1.38 bits per heavy atom. The van der Waals surface area contributed by atoms with E-state index in [1.54, 1.807) is 12.1 Å². The molecule has 21 heavy (non-hydrogen) atoms. The van der Waals surface area contributed by atoms with Crippen molar-refractivity contribution in [3.05, 3.63) is 33.9 Å². The van der Waals surface area contributed by atoms with Crippen molar-refractivity contribution in [1.29, 1.82) is 0 Å². The second kappa shape index (κ2) is 5.61. The predicted octanol–water partition coefficient (Wildman–Crippen LogP) is 2.06. The monoisotopic (exact) mass is 291 g/mol. The molecule has 1 aromatic carbocycles. The number of rotatable bonds is 4. The maximum atomic E-state index is 11.1. The molecule has 6 heteroatoms. The molecule has 2 unspecified atom stereocenters. The fourth-order valence-corrected chi connectivity index (χ4v) is 3.76. The summed E-state index contributed by atoms with van der Waals surface area (Å²) >= 11 is 0. The van der Waals surface area contributed by atoms with Crippen molar-refractivity contribution in [2.45, 2.75) is 50.4 Å². The molecule has 0 radical (unpaired) electrons. The van der Waals surface area contributed by atoms with Crippen LogP contribution < -0.4 is 10.5 Å². The first-order chi connectivity index (χ1) is 10.1. The molecule has 114 valence electrons. The third kappa shape index (κ3) is 2.73. The summed E-state index contributed by atoms with van der Waals surface area (Å²) in [5.41, 5.74) is 7.09. The van der Waals surface area contributed by atoms with E-state index in [1.165, 1.54) is 20.0 Å². The summed E-state index contributed by atoms with van der Waals surface area (Å²) in [6.07, 6.45) is 4.46. The highest BCUT2D eigenvalue weighted by Gasteiger charge is 2.39. The van der Waals surface area contributed by atoms with E-state index in [0.717, 1.165) is 24.9 Å². The molecule has 2 N–H and O–H groups in total. The van der Waals surface area contributed by atoms with E-state index in [-0.39, 0.29) is 10.6 Å². The Morgan fingerprint density at radius 2 is 2.05 bits per heavy atom. The van der Waals surface area contributed by atoms with Crippen LogP contribution in [-0.4, -0.2) is 35.1 Å². The molecule has 1 aromatic rings. The topological polar surface area (TPSA) is 81.6 Å². The van der Waals surface area contributed by atoms with Crippen LogP contribution in [0, 0.1) is 10.1 Å². The summed E-state index contributed by atoms with van der Waals surface area (Å²) in [5, 5.41) is 11.1. The summed E-state index contributed by atoms with van der Waals surface area (Å²) < 4.78 is 5.05. The molecule has 0 saturated carbocycles. The summed E-state index contributed by atoms with van der Waals surface area (Å²) in [7, 11) is 1.45. The van der Waals surface area contributed by atoms with Gasteiger partial charge in [-0.3, -0.25) is 15.0 Å². The van der Waals surface area contributed by atoms with E-state index in [1.807, 2.05) is 6.07 Å². The number of nitro groups is 1. The van der Waals surface area contributed by atoms with E-state index >= 15 is 0 Å². The molecule has 2 aliphatic heterocycles. The van der Waals surface area contributed by atoms with Crippen molar-refractivity contribution in [3.63, 3.8) is 0 Å². The molecular weight excluding hydrogens is 270 g/mol. The third-order valence-electron chi connectivity index (χ3n) is 4.73. The first-order valence-electron chi connectivity index (χ1n) is 7.41. The van der Waals surface area contributed by atoms with Crippen LogP contribution in [0.1, 0.15) is 31.2 Å². The zero-order chi connectivity index (χ0) is 15.0. The molecule has 2 aliphatic rings. The molecule has 0 aromatic heterocycles. The second-order valence-corrected chi connectivity index (χ2v) is 6.05. The summed E-state index contributed by atoms with van der Waals surface area (Å²) in [4.78, 5) is 13.2. The van der Waals surface area contributed by atoms with Crippen LogP contribution in [0.4, 0.5) is 5.69 Å². The SMILES string of the molecule is COc1ccc(CN2C3CCC2CC(N)C3)cc1[N+](=O)[O-]. The quantitative estimate of drug-likeness (QED) is 0.678. The van der Waals surface area contributed by atoms with Gasteiger partial charge in [-0.05, 0) is 37.3 Å². The molecule has 3 rings (SSSR count). The van der Waals surface area contributed by atoms with E-state index in [2.05, 4.69) is 4.90 Å². The average Bonchev–Trinajstić information content (AvgIpc) is 2.70. The number of fused-ring (bicyclic) bond motifs is 2. The van der Waals surface area contributed by atoms with Crippen LogP contribution in [0.15, 0.2) is 18.2 Å². The Bertz CT molecular complexity index is 535. The van der Waals surface area contributed by atoms with Crippen LogP contribution in [0.3, 0.4) is 0 Å². The minimum atomic E-state index is -0.386. The average molecular weight is 291 g/mol. The number of hydrogen-bond donors (Lipinski definition) is 1. The second-order valence-electron chi connectivity index (χ2n) is 6.05. The van der Waals surface area contributed by atoms with Gasteiger partial charge in [-0.1, -0.05) is 6.07 Å². The maximum absolute atomic E-state index is 11.1. The third-order valence-corrected chi connectivity index (χ3v) is 4.73. The molecule has 6 nitrogen and oxygen atoms in total. The van der Waals surface area contributed by atoms with Crippen LogP contribution in [-0.2, 0) is 6.54 Å². The van der Waals surface area contributed by atoms with E-state index < -0.39 is 0 Å².